The largest absolute Gasteiger partial charge is 0.378 e. The van der Waals surface area contributed by atoms with E-state index in [1.54, 1.807) is 0 Å². The third kappa shape index (κ3) is 2.74. The van der Waals surface area contributed by atoms with Gasteiger partial charge in [-0.2, -0.15) is 0 Å². The number of anilines is 1. The number of hydrogen-bond acceptors (Lipinski definition) is 4. The first-order valence-corrected chi connectivity index (χ1v) is 4.99. The minimum atomic E-state index is -0.433. The molecule has 16 heavy (non-hydrogen) atoms. The lowest BCUT2D eigenvalue weighted by molar-refractivity contribution is -0.120. The lowest BCUT2D eigenvalue weighted by atomic mass is 10.2. The standard InChI is InChI=1S/C10H12FN3O2/c11-7-1-2-9(13-5-7)14-10(15)8-6-16-4-3-12-8/h1-2,5,8,12H,3-4,6H2,(H,13,14,15). The molecule has 1 fully saturated rings. The molecule has 1 amide bonds. The molecule has 5 nitrogen and oxygen atoms in total. The quantitative estimate of drug-likeness (QED) is 0.752. The topological polar surface area (TPSA) is 63.2 Å². The molecule has 2 rings (SSSR count). The summed E-state index contributed by atoms with van der Waals surface area (Å²) in [6, 6.07) is 2.28. The van der Waals surface area contributed by atoms with Gasteiger partial charge in [-0.25, -0.2) is 9.37 Å². The second kappa shape index (κ2) is 5.00. The molecule has 1 aromatic rings. The van der Waals surface area contributed by atoms with Crippen molar-refractivity contribution < 1.29 is 13.9 Å². The molecule has 2 heterocycles. The van der Waals surface area contributed by atoms with Crippen molar-refractivity contribution in [2.24, 2.45) is 0 Å². The van der Waals surface area contributed by atoms with E-state index in [-0.39, 0.29) is 11.9 Å². The van der Waals surface area contributed by atoms with Crippen molar-refractivity contribution >= 4 is 11.7 Å². The second-order valence-electron chi connectivity index (χ2n) is 3.43. The van der Waals surface area contributed by atoms with Crippen LogP contribution in [0.5, 0.6) is 0 Å². The average Bonchev–Trinajstić information content (AvgIpc) is 2.33. The maximum Gasteiger partial charge on any atom is 0.245 e. The Balaban J connectivity index is 1.93. The summed E-state index contributed by atoms with van der Waals surface area (Å²) in [5.41, 5.74) is 0. The van der Waals surface area contributed by atoms with Crippen LogP contribution < -0.4 is 10.6 Å². The van der Waals surface area contributed by atoms with Gasteiger partial charge in [-0.05, 0) is 12.1 Å². The van der Waals surface area contributed by atoms with E-state index in [4.69, 9.17) is 4.74 Å². The average molecular weight is 225 g/mol. The number of halogens is 1. The van der Waals surface area contributed by atoms with Crippen LogP contribution in [0.4, 0.5) is 10.2 Å². The van der Waals surface area contributed by atoms with Crippen LogP contribution in [-0.2, 0) is 9.53 Å². The van der Waals surface area contributed by atoms with Gasteiger partial charge in [0.2, 0.25) is 5.91 Å². The van der Waals surface area contributed by atoms with E-state index in [0.29, 0.717) is 25.6 Å². The van der Waals surface area contributed by atoms with E-state index in [1.807, 2.05) is 0 Å². The van der Waals surface area contributed by atoms with E-state index in [1.165, 1.54) is 12.1 Å². The summed E-state index contributed by atoms with van der Waals surface area (Å²) in [6.07, 6.45) is 1.06. The molecule has 0 saturated carbocycles. The van der Waals surface area contributed by atoms with Crippen LogP contribution in [0.15, 0.2) is 18.3 Å². The molecule has 1 aromatic heterocycles. The van der Waals surface area contributed by atoms with Crippen LogP contribution >= 0.6 is 0 Å². The first-order valence-electron chi connectivity index (χ1n) is 4.99. The number of pyridine rings is 1. The highest BCUT2D eigenvalue weighted by Crippen LogP contribution is 2.04. The number of rotatable bonds is 2. The number of ether oxygens (including phenoxy) is 1. The zero-order chi connectivity index (χ0) is 11.4. The first-order chi connectivity index (χ1) is 7.75. The maximum atomic E-state index is 12.6. The van der Waals surface area contributed by atoms with E-state index < -0.39 is 5.82 Å². The smallest absolute Gasteiger partial charge is 0.245 e. The van der Waals surface area contributed by atoms with Gasteiger partial charge in [0.15, 0.2) is 0 Å². The van der Waals surface area contributed by atoms with Crippen molar-refractivity contribution in [2.75, 3.05) is 25.1 Å². The Morgan fingerprint density at radius 1 is 1.62 bits per heavy atom. The monoisotopic (exact) mass is 225 g/mol. The number of hydrogen-bond donors (Lipinski definition) is 2. The van der Waals surface area contributed by atoms with Gasteiger partial charge in [0, 0.05) is 6.54 Å². The van der Waals surface area contributed by atoms with Gasteiger partial charge >= 0.3 is 0 Å². The van der Waals surface area contributed by atoms with Crippen LogP contribution in [0.3, 0.4) is 0 Å². The van der Waals surface area contributed by atoms with Gasteiger partial charge in [0.1, 0.15) is 17.7 Å². The van der Waals surface area contributed by atoms with Gasteiger partial charge in [-0.3, -0.25) is 4.79 Å². The predicted octanol–water partition coefficient (Wildman–Crippen LogP) is 0.148. The first kappa shape index (κ1) is 11.0. The van der Waals surface area contributed by atoms with Gasteiger partial charge in [-0.1, -0.05) is 0 Å². The highest BCUT2D eigenvalue weighted by Gasteiger charge is 2.21. The molecule has 0 spiro atoms. The summed E-state index contributed by atoms with van der Waals surface area (Å²) in [5, 5.41) is 5.59. The Labute approximate surface area is 92.0 Å². The molecule has 0 radical (unpaired) electrons. The third-order valence-electron chi connectivity index (χ3n) is 2.22. The maximum absolute atomic E-state index is 12.6. The summed E-state index contributed by atoms with van der Waals surface area (Å²) in [7, 11) is 0. The van der Waals surface area contributed by atoms with E-state index >= 15 is 0 Å². The van der Waals surface area contributed by atoms with Gasteiger partial charge in [0.05, 0.1) is 19.4 Å². The van der Waals surface area contributed by atoms with Crippen LogP contribution in [-0.4, -0.2) is 36.7 Å². The number of nitrogens with zero attached hydrogens (tertiary/aromatic N) is 1. The second-order valence-corrected chi connectivity index (χ2v) is 3.43. The number of amides is 1. The zero-order valence-electron chi connectivity index (χ0n) is 8.57. The summed E-state index contributed by atoms with van der Waals surface area (Å²) in [4.78, 5) is 15.4. The van der Waals surface area contributed by atoms with Gasteiger partial charge in [-0.15, -0.1) is 0 Å². The Bertz CT molecular complexity index is 363. The third-order valence-corrected chi connectivity index (χ3v) is 2.22. The minimum absolute atomic E-state index is 0.223. The molecule has 1 aliphatic heterocycles. The fourth-order valence-corrected chi connectivity index (χ4v) is 1.40. The molecule has 1 unspecified atom stereocenters. The van der Waals surface area contributed by atoms with Crippen LogP contribution in [0.2, 0.25) is 0 Å². The van der Waals surface area contributed by atoms with E-state index in [0.717, 1.165) is 6.20 Å². The minimum Gasteiger partial charge on any atom is -0.378 e. The summed E-state index contributed by atoms with van der Waals surface area (Å²) in [5.74, 6) is -0.324. The van der Waals surface area contributed by atoms with E-state index in [2.05, 4.69) is 15.6 Å². The zero-order valence-corrected chi connectivity index (χ0v) is 8.57. The summed E-state index contributed by atoms with van der Waals surface area (Å²) < 4.78 is 17.7. The van der Waals surface area contributed by atoms with Crippen molar-refractivity contribution in [3.05, 3.63) is 24.1 Å². The Morgan fingerprint density at radius 3 is 3.12 bits per heavy atom. The molecular formula is C10H12FN3O2. The van der Waals surface area contributed by atoms with Gasteiger partial charge < -0.3 is 15.4 Å². The van der Waals surface area contributed by atoms with Crippen LogP contribution in [0.1, 0.15) is 0 Å². The molecule has 2 N–H and O–H groups in total. The molecule has 0 aromatic carbocycles. The Morgan fingerprint density at radius 2 is 2.50 bits per heavy atom. The molecule has 6 heteroatoms. The van der Waals surface area contributed by atoms with Crippen molar-refractivity contribution in [1.29, 1.82) is 0 Å². The van der Waals surface area contributed by atoms with Crippen molar-refractivity contribution in [1.82, 2.24) is 10.3 Å². The van der Waals surface area contributed by atoms with Crippen LogP contribution in [0, 0.1) is 5.82 Å². The number of aromatic nitrogens is 1. The molecular weight excluding hydrogens is 213 g/mol. The molecule has 1 atom stereocenters. The lowest BCUT2D eigenvalue weighted by Gasteiger charge is -2.22. The molecule has 0 aliphatic carbocycles. The number of carbonyl (C=O) groups is 1. The number of nitrogens with one attached hydrogen (secondary N) is 2. The Kier molecular flexibility index (Phi) is 3.43. The van der Waals surface area contributed by atoms with E-state index in [9.17, 15) is 9.18 Å². The van der Waals surface area contributed by atoms with Crippen molar-refractivity contribution in [3.63, 3.8) is 0 Å². The van der Waals surface area contributed by atoms with Crippen LogP contribution in [0.25, 0.3) is 0 Å². The summed E-state index contributed by atoms with van der Waals surface area (Å²) >= 11 is 0. The van der Waals surface area contributed by atoms with Crippen molar-refractivity contribution in [2.45, 2.75) is 6.04 Å². The SMILES string of the molecule is O=C(Nc1ccc(F)cn1)C1COCCN1. The molecule has 1 aliphatic rings. The lowest BCUT2D eigenvalue weighted by Crippen LogP contribution is -2.48. The fraction of sp³-hybridized carbons (Fsp3) is 0.400. The number of morpholine rings is 1. The molecule has 1 saturated heterocycles. The summed E-state index contributed by atoms with van der Waals surface area (Å²) in [6.45, 7) is 1.60. The van der Waals surface area contributed by atoms with Gasteiger partial charge in [0.25, 0.3) is 0 Å². The number of carbonyl (C=O) groups excluding carboxylic acids is 1. The fourth-order valence-electron chi connectivity index (χ4n) is 1.40. The highest BCUT2D eigenvalue weighted by molar-refractivity contribution is 5.94. The molecule has 86 valence electrons. The Hall–Kier alpha value is -1.53. The normalized spacial score (nSPS) is 20.4. The highest BCUT2D eigenvalue weighted by atomic mass is 19.1. The van der Waals surface area contributed by atoms with Crippen molar-refractivity contribution in [3.8, 4) is 0 Å². The molecule has 0 bridgehead atoms. The predicted molar refractivity (Wildman–Crippen MR) is 55.4 cm³/mol.